The molecular weight excluding hydrogens is 404 g/mol. The number of aromatic nitrogens is 1. The van der Waals surface area contributed by atoms with Gasteiger partial charge in [-0.15, -0.1) is 0 Å². The van der Waals surface area contributed by atoms with Gasteiger partial charge < -0.3 is 9.73 Å². The van der Waals surface area contributed by atoms with Crippen LogP contribution in [0.25, 0.3) is 11.3 Å². The van der Waals surface area contributed by atoms with Crippen molar-refractivity contribution in [1.82, 2.24) is 10.3 Å². The molecule has 27 heavy (non-hydrogen) atoms. The van der Waals surface area contributed by atoms with Crippen LogP contribution in [0.15, 0.2) is 69.7 Å². The van der Waals surface area contributed by atoms with Crippen molar-refractivity contribution in [3.63, 3.8) is 0 Å². The second-order valence-electron chi connectivity index (χ2n) is 6.62. The summed E-state index contributed by atoms with van der Waals surface area (Å²) in [7, 11) is 0. The average Bonchev–Trinajstić information content (AvgIpc) is 3.15. The molecule has 140 valence electrons. The molecule has 2 aromatic carbocycles. The zero-order valence-corrected chi connectivity index (χ0v) is 16.9. The fraction of sp³-hybridized carbons (Fsp3) is 0.273. The molecule has 0 aliphatic carbocycles. The van der Waals surface area contributed by atoms with E-state index >= 15 is 0 Å². The van der Waals surface area contributed by atoms with Crippen molar-refractivity contribution in [3.05, 3.63) is 76.7 Å². The second kappa shape index (κ2) is 9.51. The summed E-state index contributed by atoms with van der Waals surface area (Å²) in [4.78, 5) is 16.5. The van der Waals surface area contributed by atoms with Crippen molar-refractivity contribution in [2.75, 3.05) is 0 Å². The maximum Gasteiger partial charge on any atom is 0.220 e. The summed E-state index contributed by atoms with van der Waals surface area (Å²) in [6.45, 7) is 2.04. The zero-order valence-electron chi connectivity index (χ0n) is 15.3. The number of rotatable bonds is 8. The Labute approximate surface area is 168 Å². The van der Waals surface area contributed by atoms with Crippen LogP contribution in [0, 0.1) is 0 Å². The lowest BCUT2D eigenvalue weighted by molar-refractivity contribution is -0.121. The van der Waals surface area contributed by atoms with Gasteiger partial charge in [0.1, 0.15) is 0 Å². The summed E-state index contributed by atoms with van der Waals surface area (Å²) < 4.78 is 6.78. The third-order valence-corrected chi connectivity index (χ3v) is 4.89. The minimum atomic E-state index is 0.0268. The first-order valence-corrected chi connectivity index (χ1v) is 9.93. The Hall–Kier alpha value is -2.40. The van der Waals surface area contributed by atoms with E-state index in [1.54, 1.807) is 6.20 Å². The van der Waals surface area contributed by atoms with Crippen LogP contribution in [-0.2, 0) is 17.6 Å². The SMILES string of the molecule is C[C@@H](CCc1ccccc1)NC(=O)CCc1ncc(-c2ccc(Br)cc2)o1. The van der Waals surface area contributed by atoms with E-state index in [9.17, 15) is 4.79 Å². The third kappa shape index (κ3) is 6.07. The Morgan fingerprint density at radius 2 is 1.85 bits per heavy atom. The molecule has 0 fully saturated rings. The molecule has 0 aliphatic rings. The van der Waals surface area contributed by atoms with Crippen LogP contribution in [0.2, 0.25) is 0 Å². The van der Waals surface area contributed by atoms with Gasteiger partial charge in [-0.25, -0.2) is 4.98 Å². The molecular formula is C22H23BrN2O2. The van der Waals surface area contributed by atoms with Crippen LogP contribution in [-0.4, -0.2) is 16.9 Å². The fourth-order valence-corrected chi connectivity index (χ4v) is 3.11. The molecule has 0 saturated carbocycles. The lowest BCUT2D eigenvalue weighted by atomic mass is 10.1. The molecule has 0 bridgehead atoms. The fourth-order valence-electron chi connectivity index (χ4n) is 2.84. The summed E-state index contributed by atoms with van der Waals surface area (Å²) in [6, 6.07) is 18.3. The highest BCUT2D eigenvalue weighted by atomic mass is 79.9. The van der Waals surface area contributed by atoms with Crippen molar-refractivity contribution in [3.8, 4) is 11.3 Å². The van der Waals surface area contributed by atoms with Gasteiger partial charge in [0, 0.05) is 28.9 Å². The Bertz CT molecular complexity index is 860. The van der Waals surface area contributed by atoms with Gasteiger partial charge in [0.25, 0.3) is 0 Å². The highest BCUT2D eigenvalue weighted by Crippen LogP contribution is 2.22. The zero-order chi connectivity index (χ0) is 19.1. The Kier molecular flexibility index (Phi) is 6.82. The maximum absolute atomic E-state index is 12.2. The highest BCUT2D eigenvalue weighted by Gasteiger charge is 2.11. The minimum absolute atomic E-state index is 0.0268. The number of hydrogen-bond acceptors (Lipinski definition) is 3. The number of halogens is 1. The van der Waals surface area contributed by atoms with E-state index in [1.165, 1.54) is 5.56 Å². The maximum atomic E-state index is 12.2. The van der Waals surface area contributed by atoms with E-state index in [1.807, 2.05) is 49.4 Å². The molecule has 1 heterocycles. The minimum Gasteiger partial charge on any atom is -0.441 e. The van der Waals surface area contributed by atoms with Crippen LogP contribution >= 0.6 is 15.9 Å². The molecule has 5 heteroatoms. The van der Waals surface area contributed by atoms with Crippen molar-refractivity contribution in [2.45, 2.75) is 38.6 Å². The summed E-state index contributed by atoms with van der Waals surface area (Å²) in [6.07, 6.45) is 4.45. The van der Waals surface area contributed by atoms with E-state index in [2.05, 4.69) is 38.4 Å². The van der Waals surface area contributed by atoms with Gasteiger partial charge >= 0.3 is 0 Å². The summed E-state index contributed by atoms with van der Waals surface area (Å²) in [5.41, 5.74) is 2.26. The molecule has 3 aromatic rings. The first kappa shape index (κ1) is 19.4. The van der Waals surface area contributed by atoms with Gasteiger partial charge in [0.15, 0.2) is 11.7 Å². The quantitative estimate of drug-likeness (QED) is 0.540. The molecule has 0 saturated heterocycles. The number of oxazole rings is 1. The number of nitrogens with one attached hydrogen (secondary N) is 1. The first-order valence-electron chi connectivity index (χ1n) is 9.14. The van der Waals surface area contributed by atoms with Gasteiger partial charge in [0.2, 0.25) is 5.91 Å². The topological polar surface area (TPSA) is 55.1 Å². The molecule has 0 spiro atoms. The van der Waals surface area contributed by atoms with Crippen LogP contribution in [0.4, 0.5) is 0 Å². The summed E-state index contributed by atoms with van der Waals surface area (Å²) in [5.74, 6) is 1.33. The normalized spacial score (nSPS) is 11.9. The predicted octanol–water partition coefficient (Wildman–Crippen LogP) is 5.17. The Morgan fingerprint density at radius 1 is 1.11 bits per heavy atom. The van der Waals surface area contributed by atoms with Crippen LogP contribution in [0.5, 0.6) is 0 Å². The predicted molar refractivity (Wildman–Crippen MR) is 110 cm³/mol. The van der Waals surface area contributed by atoms with Crippen LogP contribution < -0.4 is 5.32 Å². The second-order valence-corrected chi connectivity index (χ2v) is 7.53. The van der Waals surface area contributed by atoms with Crippen molar-refractivity contribution in [2.24, 2.45) is 0 Å². The van der Waals surface area contributed by atoms with Crippen LogP contribution in [0.3, 0.4) is 0 Å². The molecule has 0 unspecified atom stereocenters. The smallest absolute Gasteiger partial charge is 0.220 e. The number of carbonyl (C=O) groups is 1. The van der Waals surface area contributed by atoms with Crippen molar-refractivity contribution in [1.29, 1.82) is 0 Å². The van der Waals surface area contributed by atoms with Gasteiger partial charge in [-0.1, -0.05) is 58.4 Å². The monoisotopic (exact) mass is 426 g/mol. The van der Waals surface area contributed by atoms with Crippen LogP contribution in [0.1, 0.15) is 31.2 Å². The molecule has 4 nitrogen and oxygen atoms in total. The van der Waals surface area contributed by atoms with E-state index in [4.69, 9.17) is 4.42 Å². The van der Waals surface area contributed by atoms with E-state index < -0.39 is 0 Å². The molecule has 1 aromatic heterocycles. The Balaban J connectivity index is 1.43. The van der Waals surface area contributed by atoms with Gasteiger partial charge in [0.05, 0.1) is 6.20 Å². The number of hydrogen-bond donors (Lipinski definition) is 1. The lowest BCUT2D eigenvalue weighted by Gasteiger charge is -2.13. The molecule has 1 amide bonds. The average molecular weight is 427 g/mol. The highest BCUT2D eigenvalue weighted by molar-refractivity contribution is 9.10. The number of nitrogens with zero attached hydrogens (tertiary/aromatic N) is 1. The number of benzene rings is 2. The molecule has 1 atom stereocenters. The van der Waals surface area contributed by atoms with E-state index in [0.717, 1.165) is 22.9 Å². The third-order valence-electron chi connectivity index (χ3n) is 4.36. The standard InChI is InChI=1S/C22H23BrN2O2/c1-16(7-8-17-5-3-2-4-6-17)25-21(26)13-14-22-24-15-20(27-22)18-9-11-19(23)12-10-18/h2-6,9-12,15-16H,7-8,13-14H2,1H3,(H,25,26)/t16-/m0/s1. The summed E-state index contributed by atoms with van der Waals surface area (Å²) in [5, 5.41) is 3.05. The number of aryl methyl sites for hydroxylation is 2. The number of carbonyl (C=O) groups excluding carboxylic acids is 1. The largest absolute Gasteiger partial charge is 0.441 e. The van der Waals surface area contributed by atoms with Crippen molar-refractivity contribution >= 4 is 21.8 Å². The molecule has 0 aliphatic heterocycles. The molecule has 3 rings (SSSR count). The molecule has 0 radical (unpaired) electrons. The van der Waals surface area contributed by atoms with Gasteiger partial charge in [-0.05, 0) is 37.5 Å². The summed E-state index contributed by atoms with van der Waals surface area (Å²) >= 11 is 3.42. The van der Waals surface area contributed by atoms with E-state index in [-0.39, 0.29) is 11.9 Å². The first-order chi connectivity index (χ1) is 13.1. The Morgan fingerprint density at radius 3 is 2.59 bits per heavy atom. The molecule has 1 N–H and O–H groups in total. The van der Waals surface area contributed by atoms with E-state index in [0.29, 0.717) is 24.5 Å². The number of amides is 1. The van der Waals surface area contributed by atoms with Gasteiger partial charge in [-0.3, -0.25) is 4.79 Å². The van der Waals surface area contributed by atoms with Crippen molar-refractivity contribution < 1.29 is 9.21 Å². The van der Waals surface area contributed by atoms with Gasteiger partial charge in [-0.2, -0.15) is 0 Å². The lowest BCUT2D eigenvalue weighted by Crippen LogP contribution is -2.33.